The fourth-order valence-electron chi connectivity index (χ4n) is 0.303. The molecule has 1 nitrogen and oxygen atoms in total. The summed E-state index contributed by atoms with van der Waals surface area (Å²) in [5.74, 6) is 0. The molecule has 0 aromatic heterocycles. The van der Waals surface area contributed by atoms with E-state index in [4.69, 9.17) is 4.74 Å². The normalized spacial score (nSPS) is 15.3. The summed E-state index contributed by atoms with van der Waals surface area (Å²) in [5, 5.41) is 0. The Labute approximate surface area is 45.0 Å². The van der Waals surface area contributed by atoms with E-state index in [1.807, 2.05) is 19.9 Å². The van der Waals surface area contributed by atoms with Crippen molar-refractivity contribution in [2.75, 3.05) is 7.11 Å². The number of hydrogen-bond acceptors (Lipinski definition) is 1. The van der Waals surface area contributed by atoms with Gasteiger partial charge in [0.1, 0.15) is 0 Å². The molecule has 1 radical (unpaired) electrons. The van der Waals surface area contributed by atoms with Crippen molar-refractivity contribution in [3.8, 4) is 0 Å². The van der Waals surface area contributed by atoms with Crippen LogP contribution >= 0.6 is 0 Å². The van der Waals surface area contributed by atoms with Gasteiger partial charge in [0.05, 0.1) is 6.10 Å². The fourth-order valence-corrected chi connectivity index (χ4v) is 0.303. The number of rotatable bonds is 2. The zero-order valence-corrected chi connectivity index (χ0v) is 5.06. The highest BCUT2D eigenvalue weighted by atomic mass is 16.5. The molecule has 0 unspecified atom stereocenters. The first-order valence-corrected chi connectivity index (χ1v) is 2.38. The molecule has 7 heavy (non-hydrogen) atoms. The molecule has 0 N–H and O–H groups in total. The zero-order valence-electron chi connectivity index (χ0n) is 5.06. The summed E-state index contributed by atoms with van der Waals surface area (Å²) >= 11 is 0. The monoisotopic (exact) mass is 99.1 g/mol. The van der Waals surface area contributed by atoms with Gasteiger partial charge in [-0.05, 0) is 19.9 Å². The summed E-state index contributed by atoms with van der Waals surface area (Å²) in [6, 6.07) is 0. The van der Waals surface area contributed by atoms with E-state index in [0.29, 0.717) is 0 Å². The van der Waals surface area contributed by atoms with E-state index < -0.39 is 0 Å². The largest absolute Gasteiger partial charge is 0.377 e. The molecule has 1 heteroatoms. The zero-order chi connectivity index (χ0) is 5.70. The highest BCUT2D eigenvalue weighted by Gasteiger charge is 1.86. The fraction of sp³-hybridized carbons (Fsp3) is 0.667. The van der Waals surface area contributed by atoms with Crippen LogP contribution in [0.25, 0.3) is 0 Å². The summed E-state index contributed by atoms with van der Waals surface area (Å²) in [6.45, 7) is 3.87. The lowest BCUT2D eigenvalue weighted by Crippen LogP contribution is -1.98. The van der Waals surface area contributed by atoms with Gasteiger partial charge in [-0.25, -0.2) is 0 Å². The van der Waals surface area contributed by atoms with Gasteiger partial charge in [0.2, 0.25) is 0 Å². The molecule has 1 atom stereocenters. The summed E-state index contributed by atoms with van der Waals surface area (Å²) < 4.78 is 4.85. The van der Waals surface area contributed by atoms with Crippen LogP contribution in [0.1, 0.15) is 13.8 Å². The molecule has 0 spiro atoms. The Morgan fingerprint density at radius 1 is 1.71 bits per heavy atom. The first-order chi connectivity index (χ1) is 3.31. The van der Waals surface area contributed by atoms with Gasteiger partial charge in [-0.15, -0.1) is 0 Å². The molecule has 0 aliphatic carbocycles. The Morgan fingerprint density at radius 3 is 2.43 bits per heavy atom. The Hall–Kier alpha value is -0.300. The Balaban J connectivity index is 3.16. The molecular weight excluding hydrogens is 88.1 g/mol. The van der Waals surface area contributed by atoms with Gasteiger partial charge in [0, 0.05) is 7.11 Å². The number of ether oxygens (including phenoxy) is 1. The van der Waals surface area contributed by atoms with E-state index in [-0.39, 0.29) is 6.10 Å². The molecule has 0 saturated heterocycles. The smallest absolute Gasteiger partial charge is 0.0793 e. The van der Waals surface area contributed by atoms with E-state index in [9.17, 15) is 0 Å². The van der Waals surface area contributed by atoms with E-state index in [0.717, 1.165) is 0 Å². The molecular formula is C6H11O. The van der Waals surface area contributed by atoms with Gasteiger partial charge in [0.15, 0.2) is 0 Å². The van der Waals surface area contributed by atoms with E-state index in [1.54, 1.807) is 7.11 Å². The summed E-state index contributed by atoms with van der Waals surface area (Å²) in [7, 11) is 1.67. The maximum Gasteiger partial charge on any atom is 0.0793 e. The molecule has 0 aliphatic rings. The molecule has 0 saturated carbocycles. The first kappa shape index (κ1) is 6.70. The number of hydrogen-bond donors (Lipinski definition) is 0. The highest BCUT2D eigenvalue weighted by Crippen LogP contribution is 1.85. The number of allylic oxidation sites excluding steroid dienone is 1. The molecule has 0 fully saturated rings. The third-order valence-corrected chi connectivity index (χ3v) is 0.755. The van der Waals surface area contributed by atoms with Gasteiger partial charge in [-0.3, -0.25) is 0 Å². The second-order valence-electron chi connectivity index (χ2n) is 1.33. The van der Waals surface area contributed by atoms with Crippen molar-refractivity contribution in [3.63, 3.8) is 0 Å². The van der Waals surface area contributed by atoms with Crippen LogP contribution < -0.4 is 0 Å². The van der Waals surface area contributed by atoms with Crippen LogP contribution in [-0.4, -0.2) is 13.2 Å². The maximum atomic E-state index is 4.85. The Bertz CT molecular complexity index is 57.2. The van der Waals surface area contributed by atoms with E-state index >= 15 is 0 Å². The van der Waals surface area contributed by atoms with Gasteiger partial charge in [-0.1, -0.05) is 6.08 Å². The van der Waals surface area contributed by atoms with Gasteiger partial charge in [0.25, 0.3) is 0 Å². The quantitative estimate of drug-likeness (QED) is 0.508. The van der Waals surface area contributed by atoms with Crippen LogP contribution in [0.3, 0.4) is 0 Å². The van der Waals surface area contributed by atoms with Gasteiger partial charge in [-0.2, -0.15) is 0 Å². The third-order valence-electron chi connectivity index (χ3n) is 0.755. The van der Waals surface area contributed by atoms with Crippen LogP contribution in [-0.2, 0) is 4.74 Å². The molecule has 0 aromatic rings. The second-order valence-corrected chi connectivity index (χ2v) is 1.33. The van der Waals surface area contributed by atoms with Crippen LogP contribution in [0, 0.1) is 6.08 Å². The van der Waals surface area contributed by atoms with Gasteiger partial charge < -0.3 is 4.74 Å². The second kappa shape index (κ2) is 3.88. The summed E-state index contributed by atoms with van der Waals surface area (Å²) in [6.07, 6.45) is 4.95. The van der Waals surface area contributed by atoms with Crippen molar-refractivity contribution >= 4 is 0 Å². The van der Waals surface area contributed by atoms with Crippen molar-refractivity contribution in [2.45, 2.75) is 20.0 Å². The van der Waals surface area contributed by atoms with Crippen molar-refractivity contribution < 1.29 is 4.74 Å². The standard InChI is InChI=1S/C6H11O/c1-4-5-6(2)7-3/h4,6H,1-3H3/t6-/m0/s1. The van der Waals surface area contributed by atoms with Crippen molar-refractivity contribution in [2.24, 2.45) is 0 Å². The molecule has 0 amide bonds. The minimum atomic E-state index is 0.144. The van der Waals surface area contributed by atoms with E-state index in [2.05, 4.69) is 6.08 Å². The minimum Gasteiger partial charge on any atom is -0.377 e. The Kier molecular flexibility index (Phi) is 3.71. The average Bonchev–Trinajstić information content (AvgIpc) is 1.68. The van der Waals surface area contributed by atoms with Crippen LogP contribution in [0.2, 0.25) is 0 Å². The van der Waals surface area contributed by atoms with E-state index in [1.165, 1.54) is 0 Å². The summed E-state index contributed by atoms with van der Waals surface area (Å²) in [5.41, 5.74) is 0. The lowest BCUT2D eigenvalue weighted by Gasteiger charge is -1.97. The minimum absolute atomic E-state index is 0.144. The highest BCUT2D eigenvalue weighted by molar-refractivity contribution is 4.72. The lowest BCUT2D eigenvalue weighted by atomic mass is 10.4. The van der Waals surface area contributed by atoms with Crippen molar-refractivity contribution in [1.82, 2.24) is 0 Å². The summed E-state index contributed by atoms with van der Waals surface area (Å²) in [4.78, 5) is 0. The topological polar surface area (TPSA) is 9.23 Å². The van der Waals surface area contributed by atoms with Crippen molar-refractivity contribution in [1.29, 1.82) is 0 Å². The van der Waals surface area contributed by atoms with Gasteiger partial charge >= 0.3 is 0 Å². The Morgan fingerprint density at radius 2 is 2.29 bits per heavy atom. The molecule has 0 heterocycles. The molecule has 0 aromatic carbocycles. The van der Waals surface area contributed by atoms with Crippen molar-refractivity contribution in [3.05, 3.63) is 12.2 Å². The predicted molar refractivity (Wildman–Crippen MR) is 30.0 cm³/mol. The van der Waals surface area contributed by atoms with Crippen LogP contribution in [0.4, 0.5) is 0 Å². The third kappa shape index (κ3) is 3.53. The van der Waals surface area contributed by atoms with Crippen LogP contribution in [0.15, 0.2) is 6.08 Å². The molecule has 0 rings (SSSR count). The van der Waals surface area contributed by atoms with Crippen LogP contribution in [0.5, 0.6) is 0 Å². The molecule has 41 valence electrons. The maximum absolute atomic E-state index is 4.85. The lowest BCUT2D eigenvalue weighted by molar-refractivity contribution is 0.150. The SMILES string of the molecule is CC=[C][C@H](C)OC. The average molecular weight is 99.2 g/mol. The number of methoxy groups -OCH3 is 1. The first-order valence-electron chi connectivity index (χ1n) is 2.38. The molecule has 0 bridgehead atoms. The predicted octanol–water partition coefficient (Wildman–Crippen LogP) is 1.40. The molecule has 0 aliphatic heterocycles.